The molecule has 99 valence electrons. The zero-order valence-corrected chi connectivity index (χ0v) is 11.8. The molecule has 0 fully saturated rings. The first-order chi connectivity index (χ1) is 8.86. The van der Waals surface area contributed by atoms with Crippen LogP contribution in [-0.2, 0) is 12.8 Å². The molecule has 18 heavy (non-hydrogen) atoms. The molecule has 0 aromatic heterocycles. The molecule has 1 radical (unpaired) electrons. The predicted octanol–water partition coefficient (Wildman–Crippen LogP) is 5.51. The molecule has 0 atom stereocenters. The smallest absolute Gasteiger partial charge is 0.0279 e. The maximum absolute atomic E-state index is 5.37. The number of hydrogen-bond donors (Lipinski definition) is 0. The zero-order chi connectivity index (χ0) is 13.1. The summed E-state index contributed by atoms with van der Waals surface area (Å²) < 4.78 is 0. The van der Waals surface area contributed by atoms with Crippen LogP contribution in [0.5, 0.6) is 0 Å². The topological polar surface area (TPSA) is 0 Å². The molecule has 0 spiro atoms. The van der Waals surface area contributed by atoms with Crippen LogP contribution in [-0.4, -0.2) is 0 Å². The Kier molecular flexibility index (Phi) is 8.29. The lowest BCUT2D eigenvalue weighted by molar-refractivity contribution is 0.666. The van der Waals surface area contributed by atoms with Gasteiger partial charge in [-0.3, -0.25) is 0 Å². The average Bonchev–Trinajstić information content (AvgIpc) is 2.41. The number of hydrogen-bond acceptors (Lipinski definition) is 0. The largest absolute Gasteiger partial charge is 0.0845 e. The molecule has 0 amide bonds. The Morgan fingerprint density at radius 1 is 0.833 bits per heavy atom. The Labute approximate surface area is 113 Å². The van der Waals surface area contributed by atoms with Gasteiger partial charge in [0.2, 0.25) is 0 Å². The Balaban J connectivity index is 2.22. The molecule has 0 heterocycles. The van der Waals surface area contributed by atoms with Crippen molar-refractivity contribution in [3.05, 3.63) is 48.0 Å². The molecule has 1 rings (SSSR count). The van der Waals surface area contributed by atoms with Crippen molar-refractivity contribution in [1.82, 2.24) is 0 Å². The minimum absolute atomic E-state index is 1.04. The van der Waals surface area contributed by atoms with E-state index in [1.165, 1.54) is 62.5 Å². The molecule has 0 heteroatoms. The molecule has 0 aliphatic carbocycles. The molecule has 0 aliphatic rings. The molecule has 0 N–H and O–H groups in total. The highest BCUT2D eigenvalue weighted by Crippen LogP contribution is 2.12. The lowest BCUT2D eigenvalue weighted by Gasteiger charge is -2.04. The van der Waals surface area contributed by atoms with E-state index in [0.717, 1.165) is 6.42 Å². The second-order valence-corrected chi connectivity index (χ2v) is 5.11. The molecule has 1 aromatic carbocycles. The quantitative estimate of drug-likeness (QED) is 0.475. The first-order valence-corrected chi connectivity index (χ1v) is 7.48. The van der Waals surface area contributed by atoms with Gasteiger partial charge in [0.1, 0.15) is 0 Å². The minimum Gasteiger partial charge on any atom is -0.0845 e. The number of unbranched alkanes of at least 4 members (excludes halogenated alkanes) is 5. The summed E-state index contributed by atoms with van der Waals surface area (Å²) in [5, 5.41) is 0. The molecule has 1 aromatic rings. The van der Waals surface area contributed by atoms with Gasteiger partial charge in [0, 0.05) is 0 Å². The van der Waals surface area contributed by atoms with Crippen molar-refractivity contribution >= 4 is 0 Å². The second-order valence-electron chi connectivity index (χ2n) is 5.11. The van der Waals surface area contributed by atoms with E-state index in [1.807, 2.05) is 0 Å². The van der Waals surface area contributed by atoms with E-state index >= 15 is 0 Å². The van der Waals surface area contributed by atoms with Gasteiger partial charge in [0.15, 0.2) is 0 Å². The van der Waals surface area contributed by atoms with Gasteiger partial charge in [0.05, 0.1) is 0 Å². The van der Waals surface area contributed by atoms with Crippen LogP contribution in [0.2, 0.25) is 0 Å². The Hall–Kier alpha value is -1.04. The van der Waals surface area contributed by atoms with Crippen molar-refractivity contribution in [3.63, 3.8) is 0 Å². The van der Waals surface area contributed by atoms with Crippen molar-refractivity contribution in [3.8, 4) is 0 Å². The average molecular weight is 243 g/mol. The van der Waals surface area contributed by atoms with E-state index in [1.54, 1.807) is 6.08 Å². The van der Waals surface area contributed by atoms with Crippen LogP contribution in [0.15, 0.2) is 30.3 Å². The van der Waals surface area contributed by atoms with Gasteiger partial charge in [-0.15, -0.1) is 0 Å². The predicted molar refractivity (Wildman–Crippen MR) is 80.7 cm³/mol. The summed E-state index contributed by atoms with van der Waals surface area (Å²) in [6, 6.07) is 9.19. The fourth-order valence-electron chi connectivity index (χ4n) is 2.22. The van der Waals surface area contributed by atoms with E-state index in [4.69, 9.17) is 6.58 Å². The molecular weight excluding hydrogens is 216 g/mol. The lowest BCUT2D eigenvalue weighted by atomic mass is 10.0. The maximum atomic E-state index is 5.37. The number of aryl methyl sites for hydroxylation is 2. The summed E-state index contributed by atoms with van der Waals surface area (Å²) in [5.41, 5.74) is 2.95. The van der Waals surface area contributed by atoms with Crippen LogP contribution >= 0.6 is 0 Å². The number of rotatable bonds is 10. The minimum atomic E-state index is 1.04. The van der Waals surface area contributed by atoms with Crippen LogP contribution < -0.4 is 0 Å². The maximum Gasteiger partial charge on any atom is -0.0279 e. The van der Waals surface area contributed by atoms with Gasteiger partial charge >= 0.3 is 0 Å². The van der Waals surface area contributed by atoms with Gasteiger partial charge in [-0.25, -0.2) is 0 Å². The number of allylic oxidation sites excluding steroid dienone is 1. The normalized spacial score (nSPS) is 10.5. The summed E-state index contributed by atoms with van der Waals surface area (Å²) in [5.74, 6) is 0. The van der Waals surface area contributed by atoms with Gasteiger partial charge in [0.25, 0.3) is 0 Å². The van der Waals surface area contributed by atoms with Crippen molar-refractivity contribution < 1.29 is 0 Å². The van der Waals surface area contributed by atoms with E-state index < -0.39 is 0 Å². The molecule has 0 saturated carbocycles. The monoisotopic (exact) mass is 243 g/mol. The van der Waals surface area contributed by atoms with Crippen LogP contribution in [0.1, 0.15) is 63.0 Å². The van der Waals surface area contributed by atoms with Crippen molar-refractivity contribution in [2.24, 2.45) is 0 Å². The van der Waals surface area contributed by atoms with Crippen LogP contribution in [0, 0.1) is 6.58 Å². The summed E-state index contributed by atoms with van der Waals surface area (Å²) in [6.45, 7) is 7.63. The van der Waals surface area contributed by atoms with Gasteiger partial charge in [-0.1, -0.05) is 63.1 Å². The summed E-state index contributed by atoms with van der Waals surface area (Å²) in [6.07, 6.45) is 13.1. The molecule has 0 unspecified atom stereocenters. The molecule has 0 saturated heterocycles. The van der Waals surface area contributed by atoms with Gasteiger partial charge < -0.3 is 0 Å². The van der Waals surface area contributed by atoms with E-state index in [2.05, 4.69) is 31.2 Å². The fraction of sp³-hybridized carbons (Fsp3) is 0.556. The third kappa shape index (κ3) is 6.64. The molecule has 0 bridgehead atoms. The standard InChI is InChI=1S/C18H27/c1-3-5-7-9-11-17-13-15-18(16-14-17)12-10-8-6-4-2/h1,3,13-16H,4-12H2,2H3. The highest BCUT2D eigenvalue weighted by Gasteiger charge is 1.96. The van der Waals surface area contributed by atoms with Crippen LogP contribution in [0.4, 0.5) is 0 Å². The third-order valence-electron chi connectivity index (χ3n) is 3.43. The molecular formula is C18H27. The summed E-state index contributed by atoms with van der Waals surface area (Å²) >= 11 is 0. The van der Waals surface area contributed by atoms with Crippen LogP contribution in [0.25, 0.3) is 0 Å². The van der Waals surface area contributed by atoms with E-state index in [0.29, 0.717) is 0 Å². The molecule has 0 aliphatic heterocycles. The van der Waals surface area contributed by atoms with Gasteiger partial charge in [-0.05, 0) is 49.7 Å². The number of benzene rings is 1. The van der Waals surface area contributed by atoms with Crippen molar-refractivity contribution in [1.29, 1.82) is 0 Å². The Morgan fingerprint density at radius 3 is 1.89 bits per heavy atom. The first kappa shape index (κ1) is 15.0. The summed E-state index contributed by atoms with van der Waals surface area (Å²) in [4.78, 5) is 0. The third-order valence-corrected chi connectivity index (χ3v) is 3.43. The van der Waals surface area contributed by atoms with Crippen molar-refractivity contribution in [2.75, 3.05) is 0 Å². The SMILES string of the molecule is [CH]=CCCCCc1ccc(CCCCCC)cc1. The Bertz CT molecular complexity index is 307. The zero-order valence-electron chi connectivity index (χ0n) is 11.8. The first-order valence-electron chi connectivity index (χ1n) is 7.48. The van der Waals surface area contributed by atoms with Crippen LogP contribution in [0.3, 0.4) is 0 Å². The summed E-state index contributed by atoms with van der Waals surface area (Å²) in [7, 11) is 0. The lowest BCUT2D eigenvalue weighted by Crippen LogP contribution is -1.89. The van der Waals surface area contributed by atoms with E-state index in [-0.39, 0.29) is 0 Å². The highest BCUT2D eigenvalue weighted by molar-refractivity contribution is 5.22. The fourth-order valence-corrected chi connectivity index (χ4v) is 2.22. The Morgan fingerprint density at radius 2 is 1.39 bits per heavy atom. The van der Waals surface area contributed by atoms with E-state index in [9.17, 15) is 0 Å². The highest BCUT2D eigenvalue weighted by atomic mass is 14.0. The van der Waals surface area contributed by atoms with Crippen molar-refractivity contribution in [2.45, 2.75) is 64.7 Å². The second kappa shape index (κ2) is 9.94. The molecule has 0 nitrogen and oxygen atoms in total. The van der Waals surface area contributed by atoms with Gasteiger partial charge in [-0.2, -0.15) is 0 Å².